The van der Waals surface area contributed by atoms with Crippen LogP contribution in [0, 0.1) is 18.3 Å². The lowest BCUT2D eigenvalue weighted by atomic mass is 9.91. The van der Waals surface area contributed by atoms with E-state index < -0.39 is 0 Å². The van der Waals surface area contributed by atoms with E-state index >= 15 is 0 Å². The Bertz CT molecular complexity index is 630. The smallest absolute Gasteiger partial charge is 0.0936 e. The Morgan fingerprint density at radius 2 is 1.95 bits per heavy atom. The van der Waals surface area contributed by atoms with Gasteiger partial charge < -0.3 is 5.32 Å². The minimum absolute atomic E-state index is 0.449. The number of anilines is 1. The molecule has 2 heteroatoms. The zero-order chi connectivity index (χ0) is 14.3. The first-order chi connectivity index (χ1) is 9.44. The Balaban J connectivity index is 1.93. The molecule has 0 spiro atoms. The summed E-state index contributed by atoms with van der Waals surface area (Å²) < 4.78 is 0. The largest absolute Gasteiger partial charge is 0.380 e. The van der Waals surface area contributed by atoms with Crippen molar-refractivity contribution in [2.24, 2.45) is 11.3 Å². The lowest BCUT2D eigenvalue weighted by Gasteiger charge is -2.20. The molecule has 0 amide bonds. The first-order valence-corrected chi connectivity index (χ1v) is 7.57. The van der Waals surface area contributed by atoms with Gasteiger partial charge in [0.1, 0.15) is 0 Å². The van der Waals surface area contributed by atoms with E-state index in [0.717, 1.165) is 11.2 Å². The summed E-state index contributed by atoms with van der Waals surface area (Å²) >= 11 is 0. The number of benzene rings is 1. The predicted molar refractivity (Wildman–Crippen MR) is 86.1 cm³/mol. The van der Waals surface area contributed by atoms with Gasteiger partial charge in [-0.15, -0.1) is 0 Å². The molecular formula is C18H24N2. The number of aromatic nitrogens is 1. The Kier molecular flexibility index (Phi) is 3.19. The van der Waals surface area contributed by atoms with E-state index in [-0.39, 0.29) is 0 Å². The van der Waals surface area contributed by atoms with Crippen LogP contribution in [-0.2, 0) is 0 Å². The first kappa shape index (κ1) is 13.4. The highest BCUT2D eigenvalue weighted by molar-refractivity contribution is 5.90. The van der Waals surface area contributed by atoms with Gasteiger partial charge >= 0.3 is 0 Å². The molecule has 2 atom stereocenters. The fourth-order valence-electron chi connectivity index (χ4n) is 3.65. The third kappa shape index (κ3) is 2.52. The van der Waals surface area contributed by atoms with Crippen molar-refractivity contribution >= 4 is 16.6 Å². The number of para-hydroxylation sites is 1. The number of pyridine rings is 1. The van der Waals surface area contributed by atoms with Gasteiger partial charge in [0.15, 0.2) is 0 Å². The monoisotopic (exact) mass is 268 g/mol. The average Bonchev–Trinajstić information content (AvgIpc) is 2.63. The summed E-state index contributed by atoms with van der Waals surface area (Å²) in [5.74, 6) is 0.713. The van der Waals surface area contributed by atoms with Crippen molar-refractivity contribution in [2.45, 2.75) is 46.6 Å². The van der Waals surface area contributed by atoms with E-state index in [4.69, 9.17) is 4.98 Å². The number of nitrogens with zero attached hydrogens (tertiary/aromatic N) is 1. The van der Waals surface area contributed by atoms with Crippen LogP contribution in [0.15, 0.2) is 30.3 Å². The van der Waals surface area contributed by atoms with Crippen LogP contribution in [0.4, 0.5) is 5.69 Å². The highest BCUT2D eigenvalue weighted by Crippen LogP contribution is 2.42. The zero-order valence-electron chi connectivity index (χ0n) is 12.9. The van der Waals surface area contributed by atoms with Gasteiger partial charge in [-0.3, -0.25) is 4.98 Å². The molecule has 0 aliphatic heterocycles. The van der Waals surface area contributed by atoms with Crippen molar-refractivity contribution in [3.05, 3.63) is 36.0 Å². The average molecular weight is 268 g/mol. The first-order valence-electron chi connectivity index (χ1n) is 7.57. The quantitative estimate of drug-likeness (QED) is 0.847. The van der Waals surface area contributed by atoms with Crippen LogP contribution >= 0.6 is 0 Å². The number of hydrogen-bond donors (Lipinski definition) is 1. The summed E-state index contributed by atoms with van der Waals surface area (Å²) in [5.41, 5.74) is 3.81. The Morgan fingerprint density at radius 1 is 1.15 bits per heavy atom. The number of fused-ring (bicyclic) bond motifs is 1. The standard InChI is InChI=1S/C18H24N2/c1-12-10-18(3,4)11-16(12)20-15-7-5-6-14-9-8-13(2)19-17(14)15/h5-9,12,16,20H,10-11H2,1-4H3. The van der Waals surface area contributed by atoms with Gasteiger partial charge in [0.05, 0.1) is 11.2 Å². The molecule has 1 N–H and O–H groups in total. The van der Waals surface area contributed by atoms with Crippen molar-refractivity contribution in [2.75, 3.05) is 5.32 Å². The van der Waals surface area contributed by atoms with Crippen LogP contribution in [0.25, 0.3) is 10.9 Å². The van der Waals surface area contributed by atoms with E-state index in [2.05, 4.69) is 63.3 Å². The van der Waals surface area contributed by atoms with E-state index in [1.807, 2.05) is 0 Å². The van der Waals surface area contributed by atoms with Crippen LogP contribution in [0.3, 0.4) is 0 Å². The van der Waals surface area contributed by atoms with E-state index in [1.54, 1.807) is 0 Å². The second-order valence-electron chi connectivity index (χ2n) is 7.13. The zero-order valence-corrected chi connectivity index (χ0v) is 12.9. The third-order valence-electron chi connectivity index (χ3n) is 4.53. The van der Waals surface area contributed by atoms with Crippen molar-refractivity contribution in [3.63, 3.8) is 0 Å². The predicted octanol–water partition coefficient (Wildman–Crippen LogP) is 4.78. The molecule has 106 valence electrons. The number of nitrogens with one attached hydrogen (secondary N) is 1. The molecular weight excluding hydrogens is 244 g/mol. The normalized spacial score (nSPS) is 25.0. The molecule has 3 rings (SSSR count). The highest BCUT2D eigenvalue weighted by atomic mass is 15.0. The SMILES string of the molecule is Cc1ccc2cccc(NC3CC(C)(C)CC3C)c2n1. The summed E-state index contributed by atoms with van der Waals surface area (Å²) in [4.78, 5) is 4.72. The maximum Gasteiger partial charge on any atom is 0.0936 e. The minimum Gasteiger partial charge on any atom is -0.380 e. The van der Waals surface area contributed by atoms with Gasteiger partial charge in [0.2, 0.25) is 0 Å². The molecule has 1 aromatic heterocycles. The van der Waals surface area contributed by atoms with E-state index in [0.29, 0.717) is 17.4 Å². The van der Waals surface area contributed by atoms with E-state index in [1.165, 1.54) is 23.9 Å². The van der Waals surface area contributed by atoms with Crippen LogP contribution in [0.2, 0.25) is 0 Å². The highest BCUT2D eigenvalue weighted by Gasteiger charge is 2.36. The molecule has 1 aliphatic carbocycles. The summed E-state index contributed by atoms with van der Waals surface area (Å²) in [6.07, 6.45) is 2.53. The molecule has 1 aliphatic rings. The van der Waals surface area contributed by atoms with Gasteiger partial charge in [-0.25, -0.2) is 0 Å². The van der Waals surface area contributed by atoms with Crippen molar-refractivity contribution in [1.82, 2.24) is 4.98 Å². The fourth-order valence-corrected chi connectivity index (χ4v) is 3.65. The molecule has 2 aromatic rings. The van der Waals surface area contributed by atoms with E-state index in [9.17, 15) is 0 Å². The van der Waals surface area contributed by atoms with Crippen molar-refractivity contribution in [1.29, 1.82) is 0 Å². The van der Waals surface area contributed by atoms with Gasteiger partial charge in [0, 0.05) is 17.1 Å². The fraction of sp³-hybridized carbons (Fsp3) is 0.500. The maximum atomic E-state index is 4.72. The number of rotatable bonds is 2. The van der Waals surface area contributed by atoms with Crippen LogP contribution in [-0.4, -0.2) is 11.0 Å². The topological polar surface area (TPSA) is 24.9 Å². The molecule has 1 aromatic carbocycles. The maximum absolute atomic E-state index is 4.72. The lowest BCUT2D eigenvalue weighted by Crippen LogP contribution is -2.22. The second kappa shape index (κ2) is 4.76. The van der Waals surface area contributed by atoms with Gasteiger partial charge in [-0.2, -0.15) is 0 Å². The molecule has 1 heterocycles. The summed E-state index contributed by atoms with van der Waals surface area (Å²) in [5, 5.41) is 4.97. The van der Waals surface area contributed by atoms with Gasteiger partial charge in [-0.05, 0) is 43.2 Å². The number of hydrogen-bond acceptors (Lipinski definition) is 2. The van der Waals surface area contributed by atoms with Crippen molar-refractivity contribution in [3.8, 4) is 0 Å². The molecule has 1 fully saturated rings. The van der Waals surface area contributed by atoms with Gasteiger partial charge in [0.25, 0.3) is 0 Å². The molecule has 20 heavy (non-hydrogen) atoms. The molecule has 0 radical (unpaired) electrons. The minimum atomic E-state index is 0.449. The summed E-state index contributed by atoms with van der Waals surface area (Å²) in [6.45, 7) is 9.15. The Labute approximate surface area is 121 Å². The molecule has 2 nitrogen and oxygen atoms in total. The third-order valence-corrected chi connectivity index (χ3v) is 4.53. The van der Waals surface area contributed by atoms with Crippen LogP contribution in [0.5, 0.6) is 0 Å². The van der Waals surface area contributed by atoms with Gasteiger partial charge in [-0.1, -0.05) is 39.0 Å². The Hall–Kier alpha value is -1.57. The molecule has 1 saturated carbocycles. The number of aryl methyl sites for hydroxylation is 1. The van der Waals surface area contributed by atoms with Crippen LogP contribution in [0.1, 0.15) is 39.3 Å². The summed E-state index contributed by atoms with van der Waals surface area (Å²) in [7, 11) is 0. The molecule has 0 bridgehead atoms. The Morgan fingerprint density at radius 3 is 2.65 bits per heavy atom. The lowest BCUT2D eigenvalue weighted by molar-refractivity contribution is 0.366. The summed E-state index contributed by atoms with van der Waals surface area (Å²) in [6, 6.07) is 11.2. The second-order valence-corrected chi connectivity index (χ2v) is 7.13. The van der Waals surface area contributed by atoms with Crippen LogP contribution < -0.4 is 5.32 Å². The molecule has 0 saturated heterocycles. The van der Waals surface area contributed by atoms with Crippen molar-refractivity contribution < 1.29 is 0 Å². The molecule has 2 unspecified atom stereocenters.